The third kappa shape index (κ3) is 6.99. The summed E-state index contributed by atoms with van der Waals surface area (Å²) in [5.41, 5.74) is -0.0928. The van der Waals surface area contributed by atoms with E-state index in [1.54, 1.807) is 0 Å². The Morgan fingerprint density at radius 3 is 2.14 bits per heavy atom. The Balaban J connectivity index is 4.13. The minimum absolute atomic E-state index is 0.0928. The molecule has 2 nitrogen and oxygen atoms in total. The van der Waals surface area contributed by atoms with Gasteiger partial charge in [-0.2, -0.15) is 0 Å². The standard InChI is InChI=1S/C11H21BO2/c1-6-14-9(13)7-10(2,3)8-11(4,5)12/h6-8H2,1-5H3. The lowest BCUT2D eigenvalue weighted by atomic mass is 9.63. The molecule has 3 heteroatoms. The Hall–Kier alpha value is -0.465. The molecule has 0 aliphatic rings. The van der Waals surface area contributed by atoms with Gasteiger partial charge in [0, 0.05) is 0 Å². The fourth-order valence-electron chi connectivity index (χ4n) is 1.90. The van der Waals surface area contributed by atoms with Gasteiger partial charge in [-0.1, -0.05) is 39.4 Å². The average Bonchev–Trinajstić information content (AvgIpc) is 1.78. The molecule has 0 aromatic carbocycles. The molecule has 0 N–H and O–H groups in total. The minimum atomic E-state index is -0.240. The Kier molecular flexibility index (Phi) is 4.69. The summed E-state index contributed by atoms with van der Waals surface area (Å²) in [6.45, 7) is 10.3. The van der Waals surface area contributed by atoms with Crippen LogP contribution >= 0.6 is 0 Å². The fraction of sp³-hybridized carbons (Fsp3) is 0.909. The van der Waals surface area contributed by atoms with E-state index in [1.807, 2.05) is 34.6 Å². The predicted octanol–water partition coefficient (Wildman–Crippen LogP) is 2.72. The SMILES string of the molecule is [B]C(C)(C)CC(C)(C)CC(=O)OCC. The van der Waals surface area contributed by atoms with Crippen molar-refractivity contribution in [3.05, 3.63) is 0 Å². The summed E-state index contributed by atoms with van der Waals surface area (Å²) < 4.78 is 4.91. The van der Waals surface area contributed by atoms with Crippen molar-refractivity contribution in [2.45, 2.75) is 52.8 Å². The van der Waals surface area contributed by atoms with Crippen LogP contribution in [0.15, 0.2) is 0 Å². The topological polar surface area (TPSA) is 26.3 Å². The van der Waals surface area contributed by atoms with Crippen molar-refractivity contribution < 1.29 is 9.53 Å². The van der Waals surface area contributed by atoms with Gasteiger partial charge in [0.15, 0.2) is 0 Å². The summed E-state index contributed by atoms with van der Waals surface area (Å²) in [5.74, 6) is -0.137. The van der Waals surface area contributed by atoms with Crippen molar-refractivity contribution >= 4 is 13.8 Å². The van der Waals surface area contributed by atoms with E-state index >= 15 is 0 Å². The van der Waals surface area contributed by atoms with Gasteiger partial charge < -0.3 is 4.74 Å². The van der Waals surface area contributed by atoms with Gasteiger partial charge in [-0.3, -0.25) is 4.79 Å². The molecule has 0 bridgehead atoms. The molecular weight excluding hydrogens is 175 g/mol. The first-order valence-corrected chi connectivity index (χ1v) is 5.11. The van der Waals surface area contributed by atoms with Crippen LogP contribution in [0.1, 0.15) is 47.5 Å². The maximum absolute atomic E-state index is 11.3. The minimum Gasteiger partial charge on any atom is -0.466 e. The smallest absolute Gasteiger partial charge is 0.306 e. The largest absolute Gasteiger partial charge is 0.466 e. The Morgan fingerprint density at radius 1 is 1.29 bits per heavy atom. The molecule has 0 rings (SSSR count). The van der Waals surface area contributed by atoms with Gasteiger partial charge in [0.25, 0.3) is 0 Å². The maximum atomic E-state index is 11.3. The van der Waals surface area contributed by atoms with Crippen molar-refractivity contribution in [3.8, 4) is 0 Å². The fourth-order valence-corrected chi connectivity index (χ4v) is 1.90. The highest BCUT2D eigenvalue weighted by Gasteiger charge is 2.28. The first kappa shape index (κ1) is 13.5. The zero-order valence-corrected chi connectivity index (χ0v) is 10.0. The second-order valence-electron chi connectivity index (χ2n) is 5.31. The van der Waals surface area contributed by atoms with Gasteiger partial charge in [0.1, 0.15) is 0 Å². The Bertz CT molecular complexity index is 192. The van der Waals surface area contributed by atoms with E-state index in [0.717, 1.165) is 6.42 Å². The van der Waals surface area contributed by atoms with Crippen LogP contribution in [0.25, 0.3) is 0 Å². The highest BCUT2D eigenvalue weighted by molar-refractivity contribution is 6.14. The van der Waals surface area contributed by atoms with Crippen LogP contribution in [-0.4, -0.2) is 20.4 Å². The molecule has 0 aliphatic carbocycles. The molecule has 2 radical (unpaired) electrons. The van der Waals surface area contributed by atoms with E-state index in [2.05, 4.69) is 0 Å². The molecule has 0 unspecified atom stereocenters. The number of carbonyl (C=O) groups is 1. The van der Waals surface area contributed by atoms with E-state index in [0.29, 0.717) is 13.0 Å². The molecule has 0 saturated carbocycles. The van der Waals surface area contributed by atoms with Crippen LogP contribution in [0.5, 0.6) is 0 Å². The number of rotatable bonds is 5. The third-order valence-electron chi connectivity index (χ3n) is 1.86. The van der Waals surface area contributed by atoms with Crippen LogP contribution in [-0.2, 0) is 9.53 Å². The number of carbonyl (C=O) groups excluding carboxylic acids is 1. The zero-order valence-electron chi connectivity index (χ0n) is 10.0. The second kappa shape index (κ2) is 4.85. The zero-order chi connectivity index (χ0) is 11.4. The number of hydrogen-bond acceptors (Lipinski definition) is 2. The second-order valence-corrected chi connectivity index (χ2v) is 5.31. The van der Waals surface area contributed by atoms with Gasteiger partial charge in [-0.25, -0.2) is 0 Å². The molecule has 80 valence electrons. The van der Waals surface area contributed by atoms with Gasteiger partial charge in [0.2, 0.25) is 0 Å². The van der Waals surface area contributed by atoms with E-state index in [9.17, 15) is 4.79 Å². The third-order valence-corrected chi connectivity index (χ3v) is 1.86. The number of esters is 1. The summed E-state index contributed by atoms with van der Waals surface area (Å²) in [4.78, 5) is 11.3. The highest BCUT2D eigenvalue weighted by Crippen LogP contribution is 2.38. The van der Waals surface area contributed by atoms with Gasteiger partial charge in [-0.05, 0) is 12.3 Å². The van der Waals surface area contributed by atoms with E-state index in [4.69, 9.17) is 12.6 Å². The van der Waals surface area contributed by atoms with E-state index in [-0.39, 0.29) is 16.7 Å². The number of ether oxygens (including phenoxy) is 1. The van der Waals surface area contributed by atoms with Gasteiger partial charge >= 0.3 is 5.97 Å². The van der Waals surface area contributed by atoms with Gasteiger partial charge in [-0.15, -0.1) is 0 Å². The molecule has 0 spiro atoms. The molecule has 0 aromatic heterocycles. The lowest BCUT2D eigenvalue weighted by Crippen LogP contribution is -2.23. The molecule has 0 heterocycles. The van der Waals surface area contributed by atoms with Crippen LogP contribution in [0.4, 0.5) is 0 Å². The normalized spacial score (nSPS) is 12.6. The van der Waals surface area contributed by atoms with Crippen LogP contribution in [0.2, 0.25) is 5.31 Å². The van der Waals surface area contributed by atoms with Crippen molar-refractivity contribution in [2.75, 3.05) is 6.61 Å². The Labute approximate surface area is 88.8 Å². The van der Waals surface area contributed by atoms with Crippen molar-refractivity contribution in [2.24, 2.45) is 5.41 Å². The van der Waals surface area contributed by atoms with E-state index in [1.165, 1.54) is 0 Å². The first-order valence-electron chi connectivity index (χ1n) is 5.11. The summed E-state index contributed by atoms with van der Waals surface area (Å²) in [6, 6.07) is 0. The maximum Gasteiger partial charge on any atom is 0.306 e. The molecule has 0 saturated heterocycles. The predicted molar refractivity (Wildman–Crippen MR) is 59.4 cm³/mol. The van der Waals surface area contributed by atoms with Crippen LogP contribution in [0.3, 0.4) is 0 Å². The molecular formula is C11H21BO2. The molecule has 0 aliphatic heterocycles. The average molecular weight is 196 g/mol. The molecule has 0 atom stereocenters. The summed E-state index contributed by atoms with van der Waals surface area (Å²) in [5, 5.41) is -0.240. The van der Waals surface area contributed by atoms with Crippen molar-refractivity contribution in [1.29, 1.82) is 0 Å². The monoisotopic (exact) mass is 196 g/mol. The quantitative estimate of drug-likeness (QED) is 0.499. The molecule has 0 aromatic rings. The molecule has 0 amide bonds. The van der Waals surface area contributed by atoms with E-state index < -0.39 is 0 Å². The summed E-state index contributed by atoms with van der Waals surface area (Å²) in [7, 11) is 5.92. The highest BCUT2D eigenvalue weighted by atomic mass is 16.5. The van der Waals surface area contributed by atoms with Crippen LogP contribution in [0, 0.1) is 5.41 Å². The Morgan fingerprint density at radius 2 is 1.79 bits per heavy atom. The summed E-state index contributed by atoms with van der Waals surface area (Å²) >= 11 is 0. The van der Waals surface area contributed by atoms with Crippen molar-refractivity contribution in [1.82, 2.24) is 0 Å². The summed E-state index contributed by atoms with van der Waals surface area (Å²) in [6.07, 6.45) is 1.24. The molecule has 0 fully saturated rings. The van der Waals surface area contributed by atoms with Gasteiger partial charge in [0.05, 0.1) is 20.9 Å². The lowest BCUT2D eigenvalue weighted by molar-refractivity contribution is -0.145. The number of hydrogen-bond donors (Lipinski definition) is 0. The van der Waals surface area contributed by atoms with Crippen molar-refractivity contribution in [3.63, 3.8) is 0 Å². The first-order chi connectivity index (χ1) is 6.16. The van der Waals surface area contributed by atoms with Crippen LogP contribution < -0.4 is 0 Å². The molecule has 14 heavy (non-hydrogen) atoms. The lowest BCUT2D eigenvalue weighted by Gasteiger charge is -2.31.